The first-order valence-corrected chi connectivity index (χ1v) is 5.52. The van der Waals surface area contributed by atoms with E-state index in [9.17, 15) is 5.11 Å². The molecule has 0 aliphatic carbocycles. The van der Waals surface area contributed by atoms with E-state index in [0.29, 0.717) is 12.3 Å². The zero-order chi connectivity index (χ0) is 9.97. The molecule has 1 saturated heterocycles. The molecule has 4 nitrogen and oxygen atoms in total. The smallest absolute Gasteiger partial charge is 0.138 e. The predicted octanol–water partition coefficient (Wildman–Crippen LogP) is 1.05. The molecule has 0 bridgehead atoms. The molecule has 0 unspecified atom stereocenters. The third kappa shape index (κ3) is 2.15. The van der Waals surface area contributed by atoms with Crippen LogP contribution in [0.2, 0.25) is 0 Å². The molecule has 2 N–H and O–H groups in total. The van der Waals surface area contributed by atoms with Crippen LogP contribution in [0.25, 0.3) is 0 Å². The van der Waals surface area contributed by atoms with Gasteiger partial charge in [0.05, 0.1) is 19.3 Å². The van der Waals surface area contributed by atoms with Crippen molar-refractivity contribution < 1.29 is 9.84 Å². The maximum absolute atomic E-state index is 9.63. The van der Waals surface area contributed by atoms with Crippen LogP contribution < -0.4 is 5.32 Å². The molecule has 1 fully saturated rings. The SMILES string of the molecule is Oc1ccc(I)nc1[C@H]1COCCN1. The van der Waals surface area contributed by atoms with Gasteiger partial charge in [-0.25, -0.2) is 4.98 Å². The number of ether oxygens (including phenoxy) is 1. The molecule has 2 rings (SSSR count). The van der Waals surface area contributed by atoms with E-state index in [1.807, 2.05) is 0 Å². The van der Waals surface area contributed by atoms with Gasteiger partial charge in [0.25, 0.3) is 0 Å². The van der Waals surface area contributed by atoms with Gasteiger partial charge in [0, 0.05) is 6.54 Å². The van der Waals surface area contributed by atoms with E-state index < -0.39 is 0 Å². The number of aromatic nitrogens is 1. The van der Waals surface area contributed by atoms with E-state index in [1.165, 1.54) is 0 Å². The molecule has 0 aromatic carbocycles. The summed E-state index contributed by atoms with van der Waals surface area (Å²) >= 11 is 2.13. The number of halogens is 1. The Balaban J connectivity index is 2.24. The van der Waals surface area contributed by atoms with E-state index in [2.05, 4.69) is 32.9 Å². The highest BCUT2D eigenvalue weighted by Gasteiger charge is 2.19. The summed E-state index contributed by atoms with van der Waals surface area (Å²) in [6.07, 6.45) is 0. The van der Waals surface area contributed by atoms with Gasteiger partial charge in [0.15, 0.2) is 0 Å². The number of aromatic hydroxyl groups is 1. The summed E-state index contributed by atoms with van der Waals surface area (Å²) in [5.74, 6) is 0.230. The summed E-state index contributed by atoms with van der Waals surface area (Å²) in [5.41, 5.74) is 0.677. The van der Waals surface area contributed by atoms with Crippen LogP contribution in [-0.2, 0) is 4.74 Å². The Morgan fingerprint density at radius 1 is 1.57 bits per heavy atom. The van der Waals surface area contributed by atoms with Crippen molar-refractivity contribution >= 4 is 22.6 Å². The van der Waals surface area contributed by atoms with Gasteiger partial charge in [0.1, 0.15) is 15.1 Å². The second-order valence-corrected chi connectivity index (χ2v) is 4.23. The largest absolute Gasteiger partial charge is 0.506 e. The lowest BCUT2D eigenvalue weighted by Gasteiger charge is -2.23. The standard InChI is InChI=1S/C9H11IN2O2/c10-8-2-1-7(13)9(12-8)6-5-14-4-3-11-6/h1-2,6,11,13H,3-5H2/t6-/m1/s1. The minimum Gasteiger partial charge on any atom is -0.506 e. The molecular weight excluding hydrogens is 295 g/mol. The Kier molecular flexibility index (Phi) is 3.19. The van der Waals surface area contributed by atoms with E-state index >= 15 is 0 Å². The minimum absolute atomic E-state index is 0.0125. The van der Waals surface area contributed by atoms with Gasteiger partial charge in [-0.2, -0.15) is 0 Å². The first-order valence-electron chi connectivity index (χ1n) is 4.44. The molecule has 1 aliphatic heterocycles. The van der Waals surface area contributed by atoms with Crippen LogP contribution in [0.4, 0.5) is 0 Å². The Morgan fingerprint density at radius 3 is 3.14 bits per heavy atom. The van der Waals surface area contributed by atoms with Crippen molar-refractivity contribution in [3.63, 3.8) is 0 Å². The Morgan fingerprint density at radius 2 is 2.43 bits per heavy atom. The van der Waals surface area contributed by atoms with Gasteiger partial charge in [-0.15, -0.1) is 0 Å². The quantitative estimate of drug-likeness (QED) is 0.602. The fourth-order valence-corrected chi connectivity index (χ4v) is 1.88. The molecule has 14 heavy (non-hydrogen) atoms. The van der Waals surface area contributed by atoms with Gasteiger partial charge in [-0.05, 0) is 34.7 Å². The van der Waals surface area contributed by atoms with Crippen molar-refractivity contribution in [3.8, 4) is 5.75 Å². The van der Waals surface area contributed by atoms with Gasteiger partial charge in [-0.1, -0.05) is 0 Å². The van der Waals surface area contributed by atoms with E-state index in [0.717, 1.165) is 16.9 Å². The van der Waals surface area contributed by atoms with E-state index in [1.54, 1.807) is 12.1 Å². The number of morpholine rings is 1. The van der Waals surface area contributed by atoms with Gasteiger partial charge in [-0.3, -0.25) is 0 Å². The third-order valence-corrected chi connectivity index (χ3v) is 2.72. The van der Waals surface area contributed by atoms with Crippen LogP contribution in [0.15, 0.2) is 12.1 Å². The molecule has 0 radical (unpaired) electrons. The molecule has 1 aromatic rings. The average molecular weight is 306 g/mol. The predicted molar refractivity (Wildman–Crippen MR) is 60.2 cm³/mol. The van der Waals surface area contributed by atoms with Crippen molar-refractivity contribution in [3.05, 3.63) is 21.5 Å². The molecule has 2 heterocycles. The second-order valence-electron chi connectivity index (χ2n) is 3.12. The zero-order valence-corrected chi connectivity index (χ0v) is 9.69. The highest BCUT2D eigenvalue weighted by molar-refractivity contribution is 14.1. The lowest BCUT2D eigenvalue weighted by Crippen LogP contribution is -2.35. The highest BCUT2D eigenvalue weighted by atomic mass is 127. The average Bonchev–Trinajstić information content (AvgIpc) is 2.23. The number of nitrogens with zero attached hydrogens (tertiary/aromatic N) is 1. The number of pyridine rings is 1. The fraction of sp³-hybridized carbons (Fsp3) is 0.444. The van der Waals surface area contributed by atoms with Crippen LogP contribution in [0.3, 0.4) is 0 Å². The summed E-state index contributed by atoms with van der Waals surface area (Å²) in [7, 11) is 0. The fourth-order valence-electron chi connectivity index (χ4n) is 1.44. The lowest BCUT2D eigenvalue weighted by molar-refractivity contribution is 0.0747. The van der Waals surface area contributed by atoms with Crippen molar-refractivity contribution in [2.75, 3.05) is 19.8 Å². The molecule has 1 aliphatic rings. The molecule has 1 atom stereocenters. The summed E-state index contributed by atoms with van der Waals surface area (Å²) in [4.78, 5) is 4.29. The molecule has 0 amide bonds. The first kappa shape index (κ1) is 10.1. The maximum atomic E-state index is 9.63. The molecule has 0 saturated carbocycles. The normalized spacial score (nSPS) is 22.2. The van der Waals surface area contributed by atoms with Crippen molar-refractivity contribution in [2.45, 2.75) is 6.04 Å². The topological polar surface area (TPSA) is 54.4 Å². The van der Waals surface area contributed by atoms with Gasteiger partial charge in [0.2, 0.25) is 0 Å². The van der Waals surface area contributed by atoms with Crippen molar-refractivity contribution in [1.29, 1.82) is 0 Å². The Hall–Kier alpha value is -0.400. The van der Waals surface area contributed by atoms with Crippen molar-refractivity contribution in [1.82, 2.24) is 10.3 Å². The van der Waals surface area contributed by atoms with Crippen molar-refractivity contribution in [2.24, 2.45) is 0 Å². The summed E-state index contributed by atoms with van der Waals surface area (Å²) in [6.45, 7) is 2.10. The summed E-state index contributed by atoms with van der Waals surface area (Å²) < 4.78 is 6.19. The zero-order valence-electron chi connectivity index (χ0n) is 7.53. The Labute approximate surface area is 95.8 Å². The number of nitrogens with one attached hydrogen (secondary N) is 1. The number of rotatable bonds is 1. The molecule has 1 aromatic heterocycles. The summed E-state index contributed by atoms with van der Waals surface area (Å²) in [6, 6.07) is 3.46. The molecule has 76 valence electrons. The number of hydrogen-bond donors (Lipinski definition) is 2. The van der Waals surface area contributed by atoms with E-state index in [4.69, 9.17) is 4.74 Å². The monoisotopic (exact) mass is 306 g/mol. The number of hydrogen-bond acceptors (Lipinski definition) is 4. The second kappa shape index (κ2) is 4.41. The first-order chi connectivity index (χ1) is 6.77. The van der Waals surface area contributed by atoms with Gasteiger partial charge < -0.3 is 15.2 Å². The summed E-state index contributed by atoms with van der Waals surface area (Å²) in [5, 5.41) is 12.9. The molecular formula is C9H11IN2O2. The maximum Gasteiger partial charge on any atom is 0.138 e. The minimum atomic E-state index is 0.0125. The Bertz CT molecular complexity index is 327. The van der Waals surface area contributed by atoms with Gasteiger partial charge >= 0.3 is 0 Å². The lowest BCUT2D eigenvalue weighted by atomic mass is 10.1. The van der Waals surface area contributed by atoms with E-state index in [-0.39, 0.29) is 11.8 Å². The molecule has 0 spiro atoms. The highest BCUT2D eigenvalue weighted by Crippen LogP contribution is 2.24. The van der Waals surface area contributed by atoms with Crippen LogP contribution in [0, 0.1) is 3.70 Å². The van der Waals surface area contributed by atoms with Crippen LogP contribution in [-0.4, -0.2) is 29.8 Å². The van der Waals surface area contributed by atoms with Crippen LogP contribution in [0.1, 0.15) is 11.7 Å². The van der Waals surface area contributed by atoms with Crippen LogP contribution in [0.5, 0.6) is 5.75 Å². The molecule has 5 heteroatoms. The third-order valence-electron chi connectivity index (χ3n) is 2.12. The van der Waals surface area contributed by atoms with Crippen LogP contribution >= 0.6 is 22.6 Å².